The van der Waals surface area contributed by atoms with E-state index in [1.165, 1.54) is 4.31 Å². The summed E-state index contributed by atoms with van der Waals surface area (Å²) in [7, 11) is -1.39. The van der Waals surface area contributed by atoms with Crippen molar-refractivity contribution < 1.29 is 18.6 Å². The standard InChI is InChI=1S/C19H29N5O4S/c1-23(19-15-6-8-20-18(15)21-12-22-19)14-4-2-13(3-5-14)11-29(27,28)24-9-7-16(25)17(26)10-24/h6,8,12-14,16-17,25-26H,2-5,7,9-11H2,1H3,(H,20,21,22)/t13?,14?,16-,17+/m0/s1. The molecular weight excluding hydrogens is 394 g/mol. The molecule has 2 aliphatic rings. The van der Waals surface area contributed by atoms with Crippen LogP contribution in [-0.2, 0) is 10.0 Å². The molecule has 1 saturated heterocycles. The number of hydrogen-bond acceptors (Lipinski definition) is 7. The van der Waals surface area contributed by atoms with Gasteiger partial charge in [-0.05, 0) is 44.1 Å². The molecule has 0 radical (unpaired) electrons. The molecule has 160 valence electrons. The van der Waals surface area contributed by atoms with Gasteiger partial charge in [0.25, 0.3) is 0 Å². The molecule has 2 aromatic heterocycles. The number of aliphatic hydroxyl groups excluding tert-OH is 2. The number of anilines is 1. The van der Waals surface area contributed by atoms with E-state index < -0.39 is 22.2 Å². The highest BCUT2D eigenvalue weighted by Gasteiger charge is 2.35. The highest BCUT2D eigenvalue weighted by Crippen LogP contribution is 2.32. The van der Waals surface area contributed by atoms with E-state index in [0.717, 1.165) is 42.5 Å². The fourth-order valence-electron chi connectivity index (χ4n) is 4.56. The molecule has 2 fully saturated rings. The largest absolute Gasteiger partial charge is 0.390 e. The summed E-state index contributed by atoms with van der Waals surface area (Å²) in [6.45, 7) is 0.265. The molecule has 3 N–H and O–H groups in total. The van der Waals surface area contributed by atoms with Crippen molar-refractivity contribution in [2.24, 2.45) is 5.92 Å². The van der Waals surface area contributed by atoms with Crippen LogP contribution >= 0.6 is 0 Å². The SMILES string of the molecule is CN(c1ncnc2[nH]ccc12)C1CCC(CS(=O)(=O)N2CC[C@H](O)[C@H](O)C2)CC1. The van der Waals surface area contributed by atoms with E-state index in [0.29, 0.717) is 6.04 Å². The Morgan fingerprint density at radius 3 is 2.66 bits per heavy atom. The lowest BCUT2D eigenvalue weighted by molar-refractivity contribution is -0.0192. The zero-order valence-corrected chi connectivity index (χ0v) is 17.4. The van der Waals surface area contributed by atoms with Crippen molar-refractivity contribution in [1.29, 1.82) is 0 Å². The van der Waals surface area contributed by atoms with Gasteiger partial charge in [-0.15, -0.1) is 0 Å². The Morgan fingerprint density at radius 2 is 1.93 bits per heavy atom. The van der Waals surface area contributed by atoms with Crippen molar-refractivity contribution in [3.8, 4) is 0 Å². The second kappa shape index (κ2) is 8.17. The first kappa shape index (κ1) is 20.5. The predicted molar refractivity (Wildman–Crippen MR) is 110 cm³/mol. The molecule has 29 heavy (non-hydrogen) atoms. The summed E-state index contributed by atoms with van der Waals surface area (Å²) in [5, 5.41) is 20.4. The van der Waals surface area contributed by atoms with Crippen molar-refractivity contribution in [3.05, 3.63) is 18.6 Å². The van der Waals surface area contributed by atoms with Gasteiger partial charge in [-0.25, -0.2) is 18.4 Å². The smallest absolute Gasteiger partial charge is 0.214 e. The quantitative estimate of drug-likeness (QED) is 0.647. The number of β-amino-alcohol motifs (C(OH)–C–C–N with tert-alkyl or cyclic N) is 1. The third kappa shape index (κ3) is 4.25. The Balaban J connectivity index is 1.35. The topological polar surface area (TPSA) is 123 Å². The number of rotatable bonds is 5. The minimum atomic E-state index is -3.43. The highest BCUT2D eigenvalue weighted by molar-refractivity contribution is 7.89. The summed E-state index contributed by atoms with van der Waals surface area (Å²) in [5.74, 6) is 1.13. The molecule has 0 bridgehead atoms. The number of fused-ring (bicyclic) bond motifs is 1. The molecule has 3 heterocycles. The Bertz CT molecular complexity index is 941. The third-order valence-electron chi connectivity index (χ3n) is 6.38. The molecule has 0 aromatic carbocycles. The van der Waals surface area contributed by atoms with Gasteiger partial charge >= 0.3 is 0 Å². The maximum atomic E-state index is 12.8. The molecular formula is C19H29N5O4S. The lowest BCUT2D eigenvalue weighted by atomic mass is 9.86. The van der Waals surface area contributed by atoms with Gasteiger partial charge in [0.15, 0.2) is 0 Å². The van der Waals surface area contributed by atoms with E-state index in [1.807, 2.05) is 19.3 Å². The van der Waals surface area contributed by atoms with Crippen molar-refractivity contribution in [2.45, 2.75) is 50.4 Å². The maximum absolute atomic E-state index is 12.8. The first-order valence-corrected chi connectivity index (χ1v) is 11.8. The first-order valence-electron chi connectivity index (χ1n) is 10.2. The molecule has 1 aliphatic heterocycles. The van der Waals surface area contributed by atoms with Gasteiger partial charge < -0.3 is 20.1 Å². The third-order valence-corrected chi connectivity index (χ3v) is 8.39. The number of aromatic nitrogens is 3. The number of hydrogen-bond donors (Lipinski definition) is 3. The van der Waals surface area contributed by atoms with Crippen LogP contribution in [0.25, 0.3) is 11.0 Å². The van der Waals surface area contributed by atoms with Gasteiger partial charge in [-0.2, -0.15) is 4.31 Å². The van der Waals surface area contributed by atoms with Gasteiger partial charge in [0.05, 0.1) is 23.3 Å². The van der Waals surface area contributed by atoms with Gasteiger partial charge in [0.1, 0.15) is 17.8 Å². The minimum Gasteiger partial charge on any atom is -0.390 e. The van der Waals surface area contributed by atoms with Crippen LogP contribution in [0.2, 0.25) is 0 Å². The summed E-state index contributed by atoms with van der Waals surface area (Å²) < 4.78 is 26.9. The molecule has 2 atom stereocenters. The Labute approximate surface area is 170 Å². The number of aliphatic hydroxyl groups is 2. The summed E-state index contributed by atoms with van der Waals surface area (Å²) in [6, 6.07) is 2.29. The van der Waals surface area contributed by atoms with Crippen LogP contribution in [0, 0.1) is 5.92 Å². The zero-order chi connectivity index (χ0) is 20.6. The van der Waals surface area contributed by atoms with Crippen LogP contribution in [0.4, 0.5) is 5.82 Å². The summed E-state index contributed by atoms with van der Waals surface area (Å²) >= 11 is 0. The average molecular weight is 424 g/mol. The lowest BCUT2D eigenvalue weighted by Crippen LogP contribution is -2.50. The summed E-state index contributed by atoms with van der Waals surface area (Å²) in [4.78, 5) is 14.0. The lowest BCUT2D eigenvalue weighted by Gasteiger charge is -2.37. The van der Waals surface area contributed by atoms with Crippen LogP contribution in [0.1, 0.15) is 32.1 Å². The molecule has 0 spiro atoms. The Morgan fingerprint density at radius 1 is 1.17 bits per heavy atom. The van der Waals surface area contributed by atoms with E-state index >= 15 is 0 Å². The van der Waals surface area contributed by atoms with Crippen LogP contribution < -0.4 is 4.90 Å². The number of aromatic amines is 1. The minimum absolute atomic E-state index is 0.0119. The molecule has 9 nitrogen and oxygen atoms in total. The second-order valence-electron chi connectivity index (χ2n) is 8.28. The van der Waals surface area contributed by atoms with Gasteiger partial charge in [-0.3, -0.25) is 0 Å². The number of nitrogens with one attached hydrogen (secondary N) is 1. The van der Waals surface area contributed by atoms with Gasteiger partial charge in [0, 0.05) is 32.4 Å². The number of H-pyrrole nitrogens is 1. The zero-order valence-electron chi connectivity index (χ0n) is 16.6. The monoisotopic (exact) mass is 423 g/mol. The van der Waals surface area contributed by atoms with E-state index in [-0.39, 0.29) is 31.2 Å². The van der Waals surface area contributed by atoms with Crippen LogP contribution in [0.3, 0.4) is 0 Å². The number of piperidine rings is 1. The first-order chi connectivity index (χ1) is 13.8. The summed E-state index contributed by atoms with van der Waals surface area (Å²) in [5.41, 5.74) is 0.815. The van der Waals surface area contributed by atoms with Crippen LogP contribution in [-0.4, -0.2) is 82.0 Å². The predicted octanol–water partition coefficient (Wildman–Crippen LogP) is 0.710. The molecule has 4 rings (SSSR count). The fourth-order valence-corrected chi connectivity index (χ4v) is 6.46. The van der Waals surface area contributed by atoms with E-state index in [1.54, 1.807) is 6.33 Å². The number of sulfonamides is 1. The van der Waals surface area contributed by atoms with Gasteiger partial charge in [0.2, 0.25) is 10.0 Å². The number of nitrogens with zero attached hydrogens (tertiary/aromatic N) is 4. The molecule has 1 aliphatic carbocycles. The van der Waals surface area contributed by atoms with Gasteiger partial charge in [-0.1, -0.05) is 0 Å². The van der Waals surface area contributed by atoms with Crippen molar-refractivity contribution in [2.75, 3.05) is 30.8 Å². The molecule has 0 unspecified atom stereocenters. The van der Waals surface area contributed by atoms with Crippen LogP contribution in [0.5, 0.6) is 0 Å². The van der Waals surface area contributed by atoms with Crippen molar-refractivity contribution in [3.63, 3.8) is 0 Å². The van der Waals surface area contributed by atoms with E-state index in [9.17, 15) is 18.6 Å². The van der Waals surface area contributed by atoms with Crippen LogP contribution in [0.15, 0.2) is 18.6 Å². The average Bonchev–Trinajstić information content (AvgIpc) is 3.18. The molecule has 0 amide bonds. The summed E-state index contributed by atoms with van der Waals surface area (Å²) in [6.07, 6.45) is 5.37. The molecule has 1 saturated carbocycles. The molecule has 10 heteroatoms. The van der Waals surface area contributed by atoms with Crippen molar-refractivity contribution >= 4 is 26.9 Å². The van der Waals surface area contributed by atoms with Crippen molar-refractivity contribution in [1.82, 2.24) is 19.3 Å². The Kier molecular flexibility index (Phi) is 5.78. The van der Waals surface area contributed by atoms with E-state index in [4.69, 9.17) is 0 Å². The van der Waals surface area contributed by atoms with E-state index in [2.05, 4.69) is 19.9 Å². The maximum Gasteiger partial charge on any atom is 0.214 e. The normalized spacial score (nSPS) is 29.2. The highest BCUT2D eigenvalue weighted by atomic mass is 32.2. The fraction of sp³-hybridized carbons (Fsp3) is 0.684. The Hall–Kier alpha value is -1.75. The molecule has 2 aromatic rings. The second-order valence-corrected chi connectivity index (χ2v) is 10.3.